The van der Waals surface area contributed by atoms with Crippen LogP contribution >= 0.6 is 12.6 Å². The molecule has 0 spiro atoms. The lowest BCUT2D eigenvalue weighted by Gasteiger charge is -2.15. The molecule has 2 atom stereocenters. The standard InChI is InChI=1S/C8H15NO3S/c1-3-7(10)9-6(8(11)12)4-5(2)13/h5-6,13H,3-4H2,1-2H3,(H,9,10)(H,11,12). The maximum Gasteiger partial charge on any atom is 0.326 e. The molecular formula is C8H15NO3S. The van der Waals surface area contributed by atoms with E-state index in [-0.39, 0.29) is 11.2 Å². The molecule has 5 heteroatoms. The molecule has 0 saturated heterocycles. The molecule has 1 amide bonds. The largest absolute Gasteiger partial charge is 0.480 e. The van der Waals surface area contributed by atoms with Gasteiger partial charge in [-0.3, -0.25) is 4.79 Å². The van der Waals surface area contributed by atoms with Crippen LogP contribution in [0, 0.1) is 0 Å². The van der Waals surface area contributed by atoms with E-state index in [0.29, 0.717) is 12.8 Å². The van der Waals surface area contributed by atoms with Crippen molar-refractivity contribution in [1.82, 2.24) is 5.32 Å². The maximum absolute atomic E-state index is 10.9. The van der Waals surface area contributed by atoms with Gasteiger partial charge in [-0.15, -0.1) is 0 Å². The molecule has 2 unspecified atom stereocenters. The molecular weight excluding hydrogens is 190 g/mol. The number of nitrogens with one attached hydrogen (secondary N) is 1. The number of rotatable bonds is 5. The summed E-state index contributed by atoms with van der Waals surface area (Å²) in [7, 11) is 0. The zero-order valence-corrected chi connectivity index (χ0v) is 8.67. The van der Waals surface area contributed by atoms with Crippen LogP contribution in [-0.4, -0.2) is 28.3 Å². The van der Waals surface area contributed by atoms with E-state index in [2.05, 4.69) is 17.9 Å². The van der Waals surface area contributed by atoms with Crippen LogP contribution < -0.4 is 5.32 Å². The predicted molar refractivity (Wildman–Crippen MR) is 52.9 cm³/mol. The van der Waals surface area contributed by atoms with Gasteiger partial charge in [-0.1, -0.05) is 13.8 Å². The number of carbonyl (C=O) groups excluding carboxylic acids is 1. The average molecular weight is 205 g/mol. The van der Waals surface area contributed by atoms with Crippen molar-refractivity contribution in [2.75, 3.05) is 0 Å². The minimum Gasteiger partial charge on any atom is -0.480 e. The third-order valence-electron chi connectivity index (χ3n) is 1.53. The molecule has 0 fully saturated rings. The summed E-state index contributed by atoms with van der Waals surface area (Å²) in [6, 6.07) is -0.819. The second kappa shape index (κ2) is 5.85. The monoisotopic (exact) mass is 205 g/mol. The van der Waals surface area contributed by atoms with E-state index in [4.69, 9.17) is 5.11 Å². The molecule has 0 aromatic carbocycles. The summed E-state index contributed by atoms with van der Waals surface area (Å²) in [5.74, 6) is -1.26. The molecule has 2 N–H and O–H groups in total. The number of carbonyl (C=O) groups is 2. The first-order chi connectivity index (χ1) is 5.97. The minimum absolute atomic E-state index is 0.0433. The number of carboxylic acid groups (broad SMARTS) is 1. The Balaban J connectivity index is 4.10. The van der Waals surface area contributed by atoms with Crippen molar-refractivity contribution in [2.24, 2.45) is 0 Å². The van der Waals surface area contributed by atoms with Crippen LogP contribution in [0.3, 0.4) is 0 Å². The molecule has 0 aliphatic carbocycles. The lowest BCUT2D eigenvalue weighted by atomic mass is 10.1. The van der Waals surface area contributed by atoms with Crippen LogP contribution in [0.4, 0.5) is 0 Å². The highest BCUT2D eigenvalue weighted by Gasteiger charge is 2.20. The van der Waals surface area contributed by atoms with Gasteiger partial charge < -0.3 is 10.4 Å². The summed E-state index contributed by atoms with van der Waals surface area (Å²) in [5.41, 5.74) is 0. The zero-order valence-electron chi connectivity index (χ0n) is 7.78. The molecule has 76 valence electrons. The SMILES string of the molecule is CCC(=O)NC(CC(C)S)C(=O)O. The Labute approximate surface area is 83.1 Å². The fourth-order valence-corrected chi connectivity index (χ4v) is 1.07. The molecule has 0 rings (SSSR count). The van der Waals surface area contributed by atoms with E-state index < -0.39 is 12.0 Å². The van der Waals surface area contributed by atoms with Crippen molar-refractivity contribution in [2.45, 2.75) is 38.0 Å². The summed E-state index contributed by atoms with van der Waals surface area (Å²) in [5, 5.41) is 11.1. The van der Waals surface area contributed by atoms with E-state index >= 15 is 0 Å². The second-order valence-corrected chi connectivity index (χ2v) is 3.78. The Morgan fingerprint density at radius 1 is 1.54 bits per heavy atom. The van der Waals surface area contributed by atoms with Crippen LogP contribution in [0.15, 0.2) is 0 Å². The van der Waals surface area contributed by atoms with Crippen molar-refractivity contribution in [3.63, 3.8) is 0 Å². The van der Waals surface area contributed by atoms with Gasteiger partial charge >= 0.3 is 5.97 Å². The third kappa shape index (κ3) is 5.52. The average Bonchev–Trinajstić information content (AvgIpc) is 2.02. The highest BCUT2D eigenvalue weighted by atomic mass is 32.1. The minimum atomic E-state index is -1.01. The van der Waals surface area contributed by atoms with Gasteiger partial charge in [0.1, 0.15) is 6.04 Å². The molecule has 0 saturated carbocycles. The fraction of sp³-hybridized carbons (Fsp3) is 0.750. The molecule has 0 aliphatic rings. The molecule has 13 heavy (non-hydrogen) atoms. The summed E-state index contributed by atoms with van der Waals surface area (Å²) < 4.78 is 0. The van der Waals surface area contributed by atoms with Gasteiger partial charge in [-0.25, -0.2) is 4.79 Å². The smallest absolute Gasteiger partial charge is 0.326 e. The van der Waals surface area contributed by atoms with E-state index in [1.807, 2.05) is 0 Å². The number of hydrogen-bond acceptors (Lipinski definition) is 3. The first kappa shape index (κ1) is 12.3. The predicted octanol–water partition coefficient (Wildman–Crippen LogP) is 0.674. The number of aliphatic carboxylic acids is 1. The van der Waals surface area contributed by atoms with Gasteiger partial charge in [0.15, 0.2) is 0 Å². The van der Waals surface area contributed by atoms with Gasteiger partial charge in [0.25, 0.3) is 0 Å². The van der Waals surface area contributed by atoms with Crippen molar-refractivity contribution < 1.29 is 14.7 Å². The third-order valence-corrected chi connectivity index (χ3v) is 1.74. The van der Waals surface area contributed by atoms with Crippen LogP contribution in [-0.2, 0) is 9.59 Å². The summed E-state index contributed by atoms with van der Waals surface area (Å²) in [6.07, 6.45) is 0.634. The fourth-order valence-electron chi connectivity index (χ4n) is 0.859. The molecule has 4 nitrogen and oxygen atoms in total. The molecule has 0 aromatic heterocycles. The van der Waals surface area contributed by atoms with Gasteiger partial charge in [-0.2, -0.15) is 12.6 Å². The summed E-state index contributed by atoms with van der Waals surface area (Å²) in [6.45, 7) is 3.47. The van der Waals surface area contributed by atoms with Crippen LogP contribution in [0.2, 0.25) is 0 Å². The Morgan fingerprint density at radius 2 is 2.08 bits per heavy atom. The number of amides is 1. The van der Waals surface area contributed by atoms with Gasteiger partial charge in [0.05, 0.1) is 0 Å². The Hall–Kier alpha value is -0.710. The van der Waals surface area contributed by atoms with Crippen molar-refractivity contribution in [3.8, 4) is 0 Å². The summed E-state index contributed by atoms with van der Waals surface area (Å²) >= 11 is 4.07. The Kier molecular flexibility index (Phi) is 5.53. The van der Waals surface area contributed by atoms with Crippen molar-refractivity contribution in [1.29, 1.82) is 0 Å². The van der Waals surface area contributed by atoms with Gasteiger partial charge in [0, 0.05) is 11.7 Å². The Bertz CT molecular complexity index is 194. The number of hydrogen-bond donors (Lipinski definition) is 3. The molecule has 0 aliphatic heterocycles. The maximum atomic E-state index is 10.9. The van der Waals surface area contributed by atoms with Gasteiger partial charge in [-0.05, 0) is 6.42 Å². The van der Waals surface area contributed by atoms with E-state index in [1.165, 1.54) is 0 Å². The first-order valence-electron chi connectivity index (χ1n) is 4.17. The molecule has 0 bridgehead atoms. The summed E-state index contributed by atoms with van der Waals surface area (Å²) in [4.78, 5) is 21.5. The van der Waals surface area contributed by atoms with Crippen LogP contribution in [0.1, 0.15) is 26.7 Å². The van der Waals surface area contributed by atoms with E-state index in [1.54, 1.807) is 13.8 Å². The lowest BCUT2D eigenvalue weighted by Crippen LogP contribution is -2.41. The van der Waals surface area contributed by atoms with Crippen molar-refractivity contribution in [3.05, 3.63) is 0 Å². The van der Waals surface area contributed by atoms with Crippen molar-refractivity contribution >= 4 is 24.5 Å². The van der Waals surface area contributed by atoms with E-state index in [9.17, 15) is 9.59 Å². The zero-order chi connectivity index (χ0) is 10.4. The van der Waals surface area contributed by atoms with Crippen LogP contribution in [0.25, 0.3) is 0 Å². The Morgan fingerprint density at radius 3 is 2.38 bits per heavy atom. The normalized spacial score (nSPS) is 14.7. The highest BCUT2D eigenvalue weighted by molar-refractivity contribution is 7.80. The number of thiol groups is 1. The quantitative estimate of drug-likeness (QED) is 0.578. The molecule has 0 heterocycles. The second-order valence-electron chi connectivity index (χ2n) is 2.90. The van der Waals surface area contributed by atoms with E-state index in [0.717, 1.165) is 0 Å². The molecule has 0 radical (unpaired) electrons. The highest BCUT2D eigenvalue weighted by Crippen LogP contribution is 2.04. The van der Waals surface area contributed by atoms with Crippen LogP contribution in [0.5, 0.6) is 0 Å². The topological polar surface area (TPSA) is 66.4 Å². The lowest BCUT2D eigenvalue weighted by molar-refractivity contribution is -0.141. The first-order valence-corrected chi connectivity index (χ1v) is 4.69. The van der Waals surface area contributed by atoms with Gasteiger partial charge in [0.2, 0.25) is 5.91 Å². The molecule has 0 aromatic rings. The number of carboxylic acids is 1.